The van der Waals surface area contributed by atoms with Crippen LogP contribution in [0.5, 0.6) is 17.2 Å². The summed E-state index contributed by atoms with van der Waals surface area (Å²) in [6.07, 6.45) is 1.50. The van der Waals surface area contributed by atoms with Crippen molar-refractivity contribution in [1.29, 1.82) is 0 Å². The molecule has 0 bridgehead atoms. The first-order chi connectivity index (χ1) is 13.5. The molecule has 1 heterocycles. The number of nitrogens with one attached hydrogen (secondary N) is 2. The average Bonchev–Trinajstić information content (AvgIpc) is 2.70. The van der Waals surface area contributed by atoms with Crippen molar-refractivity contribution in [2.45, 2.75) is 13.8 Å². The van der Waals surface area contributed by atoms with Gasteiger partial charge >= 0.3 is 0 Å². The predicted molar refractivity (Wildman–Crippen MR) is 111 cm³/mol. The van der Waals surface area contributed by atoms with Gasteiger partial charge in [0.2, 0.25) is 5.75 Å². The lowest BCUT2D eigenvalue weighted by atomic mass is 10.1. The summed E-state index contributed by atoms with van der Waals surface area (Å²) in [5.74, 6) is 2.98. The van der Waals surface area contributed by atoms with Crippen molar-refractivity contribution in [3.8, 4) is 17.2 Å². The molecule has 0 unspecified atom stereocenters. The van der Waals surface area contributed by atoms with E-state index in [9.17, 15) is 0 Å². The summed E-state index contributed by atoms with van der Waals surface area (Å²) in [5.41, 5.74) is 4.19. The molecule has 0 spiro atoms. The largest absolute Gasteiger partial charge is 0.493 e. The Morgan fingerprint density at radius 1 is 0.679 bits per heavy atom. The minimum atomic E-state index is 0.537. The van der Waals surface area contributed by atoms with Gasteiger partial charge in [0.05, 0.1) is 21.3 Å². The third-order valence-electron chi connectivity index (χ3n) is 4.38. The van der Waals surface area contributed by atoms with E-state index in [0.29, 0.717) is 28.9 Å². The van der Waals surface area contributed by atoms with Crippen LogP contribution in [0.15, 0.2) is 42.7 Å². The SMILES string of the molecule is COc1cc(Nc2cc(Nc3ccc(C)c(C)c3)ncn2)cc(OC)c1OC. The first kappa shape index (κ1) is 19.3. The maximum atomic E-state index is 5.39. The number of benzene rings is 2. The van der Waals surface area contributed by atoms with Crippen LogP contribution in [0, 0.1) is 13.8 Å². The zero-order valence-electron chi connectivity index (χ0n) is 16.7. The topological polar surface area (TPSA) is 77.5 Å². The number of aryl methyl sites for hydroxylation is 2. The molecule has 0 fully saturated rings. The van der Waals surface area contributed by atoms with Gasteiger partial charge in [0.1, 0.15) is 18.0 Å². The number of hydrogen-bond donors (Lipinski definition) is 2. The van der Waals surface area contributed by atoms with Crippen LogP contribution >= 0.6 is 0 Å². The number of aromatic nitrogens is 2. The van der Waals surface area contributed by atoms with E-state index < -0.39 is 0 Å². The number of nitrogens with zero attached hydrogens (tertiary/aromatic N) is 2. The highest BCUT2D eigenvalue weighted by molar-refractivity contribution is 5.68. The molecule has 3 aromatic rings. The molecule has 7 nitrogen and oxygen atoms in total. The molecule has 3 rings (SSSR count). The fraction of sp³-hybridized carbons (Fsp3) is 0.238. The van der Waals surface area contributed by atoms with Crippen LogP contribution in [0.1, 0.15) is 11.1 Å². The number of anilines is 4. The standard InChI is InChI=1S/C21H24N4O3/c1-13-6-7-15(8-14(13)2)24-19-11-20(23-12-22-19)25-16-9-17(26-3)21(28-5)18(10-16)27-4/h6-12H,1-5H3,(H2,22,23,24,25). The van der Waals surface area contributed by atoms with E-state index in [1.807, 2.05) is 24.3 Å². The highest BCUT2D eigenvalue weighted by atomic mass is 16.5. The van der Waals surface area contributed by atoms with Crippen molar-refractivity contribution in [2.24, 2.45) is 0 Å². The molecule has 28 heavy (non-hydrogen) atoms. The fourth-order valence-corrected chi connectivity index (χ4v) is 2.76. The Labute approximate surface area is 164 Å². The molecule has 0 aliphatic carbocycles. The summed E-state index contributed by atoms with van der Waals surface area (Å²) in [6.45, 7) is 4.17. The van der Waals surface area contributed by atoms with Gasteiger partial charge in [-0.2, -0.15) is 0 Å². The van der Waals surface area contributed by atoms with Crippen LogP contribution in [0.4, 0.5) is 23.0 Å². The second-order valence-corrected chi connectivity index (χ2v) is 6.25. The Morgan fingerprint density at radius 2 is 1.29 bits per heavy atom. The Morgan fingerprint density at radius 3 is 1.82 bits per heavy atom. The first-order valence-corrected chi connectivity index (χ1v) is 8.77. The molecule has 0 atom stereocenters. The van der Waals surface area contributed by atoms with E-state index in [2.05, 4.69) is 46.6 Å². The Kier molecular flexibility index (Phi) is 5.84. The molecule has 2 aromatic carbocycles. The smallest absolute Gasteiger partial charge is 0.203 e. The number of methoxy groups -OCH3 is 3. The molecule has 0 aliphatic heterocycles. The van der Waals surface area contributed by atoms with Crippen LogP contribution in [0.2, 0.25) is 0 Å². The maximum Gasteiger partial charge on any atom is 0.203 e. The van der Waals surface area contributed by atoms with Gasteiger partial charge in [-0.3, -0.25) is 0 Å². The molecular weight excluding hydrogens is 356 g/mol. The molecular formula is C21H24N4O3. The fourth-order valence-electron chi connectivity index (χ4n) is 2.76. The summed E-state index contributed by atoms with van der Waals surface area (Å²) < 4.78 is 16.1. The van der Waals surface area contributed by atoms with Crippen molar-refractivity contribution >= 4 is 23.0 Å². The van der Waals surface area contributed by atoms with E-state index in [0.717, 1.165) is 11.4 Å². The van der Waals surface area contributed by atoms with Crippen LogP contribution < -0.4 is 24.8 Å². The molecule has 0 saturated heterocycles. The van der Waals surface area contributed by atoms with Crippen molar-refractivity contribution in [3.63, 3.8) is 0 Å². The van der Waals surface area contributed by atoms with Crippen molar-refractivity contribution in [2.75, 3.05) is 32.0 Å². The molecule has 0 saturated carbocycles. The van der Waals surface area contributed by atoms with Crippen LogP contribution in [-0.2, 0) is 0 Å². The summed E-state index contributed by atoms with van der Waals surface area (Å²) >= 11 is 0. The van der Waals surface area contributed by atoms with Crippen LogP contribution in [-0.4, -0.2) is 31.3 Å². The molecule has 0 aliphatic rings. The van der Waals surface area contributed by atoms with Crippen molar-refractivity contribution < 1.29 is 14.2 Å². The van der Waals surface area contributed by atoms with Gasteiger partial charge in [-0.15, -0.1) is 0 Å². The van der Waals surface area contributed by atoms with E-state index in [4.69, 9.17) is 14.2 Å². The lowest BCUT2D eigenvalue weighted by Gasteiger charge is -2.15. The summed E-state index contributed by atoms with van der Waals surface area (Å²) in [6, 6.07) is 11.7. The highest BCUT2D eigenvalue weighted by Gasteiger charge is 2.13. The van der Waals surface area contributed by atoms with E-state index in [1.165, 1.54) is 17.5 Å². The number of ether oxygens (including phenoxy) is 3. The Bertz CT molecular complexity index is 951. The average molecular weight is 380 g/mol. The van der Waals surface area contributed by atoms with Gasteiger partial charge in [-0.1, -0.05) is 6.07 Å². The van der Waals surface area contributed by atoms with Gasteiger partial charge in [-0.05, 0) is 37.1 Å². The van der Waals surface area contributed by atoms with E-state index in [1.54, 1.807) is 21.3 Å². The summed E-state index contributed by atoms with van der Waals surface area (Å²) in [4.78, 5) is 8.58. The molecule has 0 radical (unpaired) electrons. The third kappa shape index (κ3) is 4.25. The van der Waals surface area contributed by atoms with Gasteiger partial charge < -0.3 is 24.8 Å². The van der Waals surface area contributed by atoms with E-state index >= 15 is 0 Å². The van der Waals surface area contributed by atoms with E-state index in [-0.39, 0.29) is 0 Å². The monoisotopic (exact) mass is 380 g/mol. The minimum absolute atomic E-state index is 0.537. The van der Waals surface area contributed by atoms with Gasteiger partial charge in [-0.25, -0.2) is 9.97 Å². The maximum absolute atomic E-state index is 5.39. The second kappa shape index (κ2) is 8.47. The molecule has 146 valence electrons. The van der Waals surface area contributed by atoms with Crippen molar-refractivity contribution in [1.82, 2.24) is 9.97 Å². The number of rotatable bonds is 7. The Balaban J connectivity index is 1.83. The Hall–Kier alpha value is -3.48. The normalized spacial score (nSPS) is 10.3. The van der Waals surface area contributed by atoms with Gasteiger partial charge in [0.15, 0.2) is 11.5 Å². The predicted octanol–water partition coefficient (Wildman–Crippen LogP) is 4.61. The third-order valence-corrected chi connectivity index (χ3v) is 4.38. The van der Waals surface area contributed by atoms with Crippen LogP contribution in [0.3, 0.4) is 0 Å². The lowest BCUT2D eigenvalue weighted by Crippen LogP contribution is -2.00. The van der Waals surface area contributed by atoms with Gasteiger partial charge in [0.25, 0.3) is 0 Å². The van der Waals surface area contributed by atoms with Crippen molar-refractivity contribution in [3.05, 3.63) is 53.9 Å². The molecule has 2 N–H and O–H groups in total. The molecule has 7 heteroatoms. The van der Waals surface area contributed by atoms with Gasteiger partial charge in [0, 0.05) is 29.6 Å². The minimum Gasteiger partial charge on any atom is -0.493 e. The first-order valence-electron chi connectivity index (χ1n) is 8.77. The zero-order valence-corrected chi connectivity index (χ0v) is 16.7. The second-order valence-electron chi connectivity index (χ2n) is 6.25. The highest BCUT2D eigenvalue weighted by Crippen LogP contribution is 2.40. The number of hydrogen-bond acceptors (Lipinski definition) is 7. The molecule has 0 amide bonds. The van der Waals surface area contributed by atoms with Crippen LogP contribution in [0.25, 0.3) is 0 Å². The summed E-state index contributed by atoms with van der Waals surface area (Å²) in [5, 5.41) is 6.55. The quantitative estimate of drug-likeness (QED) is 0.620. The molecule has 1 aromatic heterocycles. The lowest BCUT2D eigenvalue weighted by molar-refractivity contribution is 0.324. The summed E-state index contributed by atoms with van der Waals surface area (Å²) in [7, 11) is 4.73. The zero-order chi connectivity index (χ0) is 20.1.